The molecule has 0 aliphatic carbocycles. The molecule has 30 heavy (non-hydrogen) atoms. The molecule has 0 spiro atoms. The second-order valence-electron chi connectivity index (χ2n) is 7.59. The number of thiophene rings is 1. The van der Waals surface area contributed by atoms with Crippen LogP contribution in [-0.4, -0.2) is 64.6 Å². The fraction of sp³-hybridized carbons (Fsp3) is 0.833. The van der Waals surface area contributed by atoms with Crippen molar-refractivity contribution in [3.05, 3.63) is 22.4 Å². The molecule has 0 saturated carbocycles. The first-order valence-electron chi connectivity index (χ1n) is 11.9. The van der Waals surface area contributed by atoms with E-state index < -0.39 is 0 Å². The summed E-state index contributed by atoms with van der Waals surface area (Å²) in [6.07, 6.45) is 14.7. The quantitative estimate of drug-likeness (QED) is 0.221. The minimum atomic E-state index is 0.0558. The van der Waals surface area contributed by atoms with Crippen LogP contribution in [-0.2, 0) is 25.4 Å². The number of hydrogen-bond acceptors (Lipinski definition) is 6. The third kappa shape index (κ3) is 19.5. The van der Waals surface area contributed by atoms with Crippen molar-refractivity contribution in [2.24, 2.45) is 0 Å². The summed E-state index contributed by atoms with van der Waals surface area (Å²) < 4.78 is 21.5. The molecule has 0 atom stereocenters. The average Bonchev–Trinajstić information content (AvgIpc) is 3.28. The van der Waals surface area contributed by atoms with E-state index in [0.717, 1.165) is 13.0 Å². The molecule has 5 nitrogen and oxygen atoms in total. The molecule has 0 aromatic carbocycles. The van der Waals surface area contributed by atoms with Gasteiger partial charge in [0.05, 0.1) is 52.9 Å². The predicted octanol–water partition coefficient (Wildman–Crippen LogP) is 5.25. The first-order chi connectivity index (χ1) is 14.9. The number of aliphatic hydroxyl groups excluding tert-OH is 1. The van der Waals surface area contributed by atoms with Gasteiger partial charge in [-0.25, -0.2) is 0 Å². The molecule has 0 aliphatic rings. The van der Waals surface area contributed by atoms with Crippen LogP contribution < -0.4 is 0 Å². The zero-order valence-corrected chi connectivity index (χ0v) is 19.7. The Morgan fingerprint density at radius 2 is 1.03 bits per heavy atom. The summed E-state index contributed by atoms with van der Waals surface area (Å²) in [6, 6.07) is 2.25. The van der Waals surface area contributed by atoms with Gasteiger partial charge in [-0.05, 0) is 41.7 Å². The van der Waals surface area contributed by atoms with E-state index in [0.29, 0.717) is 46.2 Å². The van der Waals surface area contributed by atoms with Crippen LogP contribution in [0.1, 0.15) is 69.8 Å². The summed E-state index contributed by atoms with van der Waals surface area (Å²) in [7, 11) is 0. The predicted molar refractivity (Wildman–Crippen MR) is 125 cm³/mol. The van der Waals surface area contributed by atoms with Gasteiger partial charge in [0.2, 0.25) is 0 Å². The fourth-order valence-corrected chi connectivity index (χ4v) is 3.91. The van der Waals surface area contributed by atoms with E-state index in [1.165, 1.54) is 69.8 Å². The normalized spacial score (nSPS) is 11.4. The largest absolute Gasteiger partial charge is 0.394 e. The van der Waals surface area contributed by atoms with Gasteiger partial charge >= 0.3 is 0 Å². The maximum absolute atomic E-state index is 8.56. The highest BCUT2D eigenvalue weighted by Crippen LogP contribution is 2.13. The third-order valence-electron chi connectivity index (χ3n) is 4.94. The Kier molecular flexibility index (Phi) is 21.3. The van der Waals surface area contributed by atoms with Gasteiger partial charge in [-0.3, -0.25) is 0 Å². The summed E-state index contributed by atoms with van der Waals surface area (Å²) in [6.45, 7) is 4.75. The van der Waals surface area contributed by atoms with Gasteiger partial charge in [-0.2, -0.15) is 11.3 Å². The number of rotatable bonds is 24. The zero-order valence-electron chi connectivity index (χ0n) is 18.9. The molecular formula is C24H44O5S. The Bertz CT molecular complexity index is 427. The van der Waals surface area contributed by atoms with E-state index in [4.69, 9.17) is 24.1 Å². The van der Waals surface area contributed by atoms with Crippen LogP contribution in [0, 0.1) is 0 Å². The highest BCUT2D eigenvalue weighted by molar-refractivity contribution is 7.07. The maximum Gasteiger partial charge on any atom is 0.0701 e. The molecule has 1 aromatic heterocycles. The lowest BCUT2D eigenvalue weighted by molar-refractivity contribution is -0.00577. The molecule has 0 bridgehead atoms. The molecule has 0 fully saturated rings. The summed E-state index contributed by atoms with van der Waals surface area (Å²) >= 11 is 1.81. The van der Waals surface area contributed by atoms with E-state index in [2.05, 4.69) is 16.8 Å². The molecule has 1 N–H and O–H groups in total. The van der Waals surface area contributed by atoms with Crippen LogP contribution in [0.2, 0.25) is 0 Å². The summed E-state index contributed by atoms with van der Waals surface area (Å²) in [5.74, 6) is 0. The molecular weight excluding hydrogens is 400 g/mol. The number of aliphatic hydroxyl groups is 1. The van der Waals surface area contributed by atoms with Crippen molar-refractivity contribution in [3.8, 4) is 0 Å². The standard InChI is InChI=1S/C24H44O5S/c25-13-15-27-17-19-29-21-20-28-18-16-26-14-10-8-6-4-2-1-3-5-7-9-11-24-12-22-30-23-24/h12,22-23,25H,1-11,13-21H2. The van der Waals surface area contributed by atoms with Gasteiger partial charge < -0.3 is 24.1 Å². The van der Waals surface area contributed by atoms with E-state index in [-0.39, 0.29) is 6.61 Å². The van der Waals surface area contributed by atoms with Crippen LogP contribution in [0.15, 0.2) is 16.8 Å². The van der Waals surface area contributed by atoms with E-state index in [1.807, 2.05) is 0 Å². The van der Waals surface area contributed by atoms with Gasteiger partial charge in [0.25, 0.3) is 0 Å². The topological polar surface area (TPSA) is 57.2 Å². The fourth-order valence-electron chi connectivity index (χ4n) is 3.21. The van der Waals surface area contributed by atoms with Crippen LogP contribution in [0.5, 0.6) is 0 Å². The lowest BCUT2D eigenvalue weighted by atomic mass is 10.0. The lowest BCUT2D eigenvalue weighted by Crippen LogP contribution is -2.12. The highest BCUT2D eigenvalue weighted by atomic mass is 32.1. The highest BCUT2D eigenvalue weighted by Gasteiger charge is 1.96. The Labute approximate surface area is 188 Å². The Morgan fingerprint density at radius 3 is 1.53 bits per heavy atom. The van der Waals surface area contributed by atoms with E-state index in [1.54, 1.807) is 11.3 Å². The van der Waals surface area contributed by atoms with Crippen molar-refractivity contribution in [3.63, 3.8) is 0 Å². The Balaban J connectivity index is 1.63. The summed E-state index contributed by atoms with van der Waals surface area (Å²) in [5, 5.41) is 13.0. The van der Waals surface area contributed by atoms with Crippen LogP contribution in [0.25, 0.3) is 0 Å². The Morgan fingerprint density at radius 1 is 0.567 bits per heavy atom. The molecule has 6 heteroatoms. The maximum atomic E-state index is 8.56. The van der Waals surface area contributed by atoms with Gasteiger partial charge in [0, 0.05) is 6.61 Å². The van der Waals surface area contributed by atoms with Crippen molar-refractivity contribution in [2.45, 2.75) is 70.6 Å². The van der Waals surface area contributed by atoms with Gasteiger partial charge in [-0.1, -0.05) is 51.4 Å². The van der Waals surface area contributed by atoms with Gasteiger partial charge in [-0.15, -0.1) is 0 Å². The zero-order chi connectivity index (χ0) is 21.4. The van der Waals surface area contributed by atoms with Crippen molar-refractivity contribution in [2.75, 3.05) is 59.5 Å². The minimum absolute atomic E-state index is 0.0558. The van der Waals surface area contributed by atoms with Crippen molar-refractivity contribution in [1.82, 2.24) is 0 Å². The number of aryl methyl sites for hydroxylation is 1. The molecule has 0 amide bonds. The second kappa shape index (κ2) is 23.2. The summed E-state index contributed by atoms with van der Waals surface area (Å²) in [4.78, 5) is 0. The SMILES string of the molecule is OCCOCCOCCOCCOCCCCCCCCCCCCc1ccsc1. The third-order valence-corrected chi connectivity index (χ3v) is 5.67. The molecule has 0 aliphatic heterocycles. The number of ether oxygens (including phenoxy) is 4. The van der Waals surface area contributed by atoms with Crippen LogP contribution >= 0.6 is 11.3 Å². The van der Waals surface area contributed by atoms with Crippen LogP contribution in [0.4, 0.5) is 0 Å². The molecule has 1 aromatic rings. The monoisotopic (exact) mass is 444 g/mol. The molecule has 0 saturated heterocycles. The first kappa shape index (κ1) is 27.5. The molecule has 0 unspecified atom stereocenters. The van der Waals surface area contributed by atoms with Gasteiger partial charge in [0.15, 0.2) is 0 Å². The molecule has 1 heterocycles. The van der Waals surface area contributed by atoms with Gasteiger partial charge in [0.1, 0.15) is 0 Å². The Hall–Kier alpha value is -0.500. The lowest BCUT2D eigenvalue weighted by Gasteiger charge is -2.07. The molecule has 0 radical (unpaired) electrons. The van der Waals surface area contributed by atoms with Crippen molar-refractivity contribution in [1.29, 1.82) is 0 Å². The van der Waals surface area contributed by atoms with E-state index in [9.17, 15) is 0 Å². The smallest absolute Gasteiger partial charge is 0.0701 e. The number of unbranched alkanes of at least 4 members (excludes halogenated alkanes) is 9. The first-order valence-corrected chi connectivity index (χ1v) is 12.8. The van der Waals surface area contributed by atoms with Crippen LogP contribution in [0.3, 0.4) is 0 Å². The summed E-state index contributed by atoms with van der Waals surface area (Å²) in [5.41, 5.74) is 1.51. The van der Waals surface area contributed by atoms with Crippen molar-refractivity contribution >= 4 is 11.3 Å². The van der Waals surface area contributed by atoms with Crippen molar-refractivity contribution < 1.29 is 24.1 Å². The number of hydrogen-bond donors (Lipinski definition) is 1. The molecule has 176 valence electrons. The molecule has 1 rings (SSSR count). The average molecular weight is 445 g/mol. The minimum Gasteiger partial charge on any atom is -0.394 e. The van der Waals surface area contributed by atoms with E-state index >= 15 is 0 Å². The second-order valence-corrected chi connectivity index (χ2v) is 8.37.